The zero-order valence-corrected chi connectivity index (χ0v) is 21.5. The van der Waals surface area contributed by atoms with E-state index in [0.717, 1.165) is 5.69 Å². The van der Waals surface area contributed by atoms with Crippen molar-refractivity contribution in [3.05, 3.63) is 30.3 Å². The molecular weight excluding hydrogens is 476 g/mol. The van der Waals surface area contributed by atoms with Gasteiger partial charge in [-0.15, -0.1) is 10.2 Å². The molecule has 4 heterocycles. The van der Waals surface area contributed by atoms with E-state index in [-0.39, 0.29) is 30.1 Å². The second kappa shape index (κ2) is 9.95. The minimum absolute atomic E-state index is 0.0595. The van der Waals surface area contributed by atoms with Gasteiger partial charge in [0.2, 0.25) is 0 Å². The fourth-order valence-electron chi connectivity index (χ4n) is 4.98. The van der Waals surface area contributed by atoms with Gasteiger partial charge in [0.15, 0.2) is 5.82 Å². The first-order valence-corrected chi connectivity index (χ1v) is 12.8. The van der Waals surface area contributed by atoms with Gasteiger partial charge in [0.05, 0.1) is 17.4 Å². The number of piperidine rings is 1. The normalized spacial score (nSPS) is 20.0. The molecule has 37 heavy (non-hydrogen) atoms. The minimum Gasteiger partial charge on any atom is -0.507 e. The first-order valence-electron chi connectivity index (χ1n) is 12.8. The topological polar surface area (TPSA) is 120 Å². The van der Waals surface area contributed by atoms with Crippen LogP contribution in [0, 0.1) is 0 Å². The number of phenolic OH excluding ortho intramolecular Hbond substituents is 1. The highest BCUT2D eigenvalue weighted by Gasteiger charge is 2.36. The van der Waals surface area contributed by atoms with Gasteiger partial charge in [-0.1, -0.05) is 12.1 Å². The molecule has 1 atom stereocenters. The summed E-state index contributed by atoms with van der Waals surface area (Å²) in [5.74, 6) is 0.852. The number of carbonyl (C=O) groups is 2. The number of anilines is 2. The van der Waals surface area contributed by atoms with E-state index in [1.165, 1.54) is 0 Å². The number of rotatable bonds is 2. The van der Waals surface area contributed by atoms with Crippen LogP contribution in [0.5, 0.6) is 5.75 Å². The number of para-hydroxylation sites is 1. The maximum Gasteiger partial charge on any atom is 0.410 e. The molecule has 11 heteroatoms. The van der Waals surface area contributed by atoms with Crippen molar-refractivity contribution >= 4 is 23.7 Å². The molecule has 11 nitrogen and oxygen atoms in total. The lowest BCUT2D eigenvalue weighted by molar-refractivity contribution is 0.000283. The molecule has 0 unspecified atom stereocenters. The second-order valence-corrected chi connectivity index (χ2v) is 10.7. The van der Waals surface area contributed by atoms with Crippen LogP contribution in [0.4, 0.5) is 21.1 Å². The van der Waals surface area contributed by atoms with Crippen molar-refractivity contribution in [3.63, 3.8) is 0 Å². The maximum absolute atomic E-state index is 13.0. The molecule has 198 valence electrons. The number of hydrogen-bond acceptors (Lipinski definition) is 9. The number of nitrogens with one attached hydrogen (secondary N) is 1. The lowest BCUT2D eigenvalue weighted by Crippen LogP contribution is -2.59. The zero-order chi connectivity index (χ0) is 26.2. The number of aromatic hydroxyl groups is 1. The summed E-state index contributed by atoms with van der Waals surface area (Å²) in [6.45, 7) is 8.87. The van der Waals surface area contributed by atoms with Crippen LogP contribution in [0.25, 0.3) is 11.3 Å². The Labute approximate surface area is 216 Å². The number of benzene rings is 1. The van der Waals surface area contributed by atoms with Crippen molar-refractivity contribution in [2.24, 2.45) is 0 Å². The number of likely N-dealkylation sites (tertiary alicyclic amines) is 1. The predicted octanol–water partition coefficient (Wildman–Crippen LogP) is 3.30. The average molecular weight is 511 g/mol. The molecule has 3 aliphatic heterocycles. The molecule has 1 aromatic heterocycles. The summed E-state index contributed by atoms with van der Waals surface area (Å²) < 4.78 is 11.3. The molecule has 2 amide bonds. The summed E-state index contributed by atoms with van der Waals surface area (Å²) in [7, 11) is 0. The van der Waals surface area contributed by atoms with E-state index in [0.29, 0.717) is 69.2 Å². The highest BCUT2D eigenvalue weighted by molar-refractivity contribution is 5.77. The van der Waals surface area contributed by atoms with E-state index in [2.05, 4.69) is 20.4 Å². The van der Waals surface area contributed by atoms with Crippen LogP contribution in [-0.2, 0) is 9.47 Å². The molecule has 5 rings (SSSR count). The SMILES string of the molecule is CC(C)(C)OC(=O)N1CCC(OC(=O)N2CCN3c4cc(-c5ccccc5O)nnc4NC[C@H]3C2)CC1. The van der Waals surface area contributed by atoms with Gasteiger partial charge in [0.25, 0.3) is 0 Å². The van der Waals surface area contributed by atoms with Gasteiger partial charge in [-0.2, -0.15) is 0 Å². The van der Waals surface area contributed by atoms with Gasteiger partial charge in [0.1, 0.15) is 17.5 Å². The van der Waals surface area contributed by atoms with E-state index in [1.54, 1.807) is 21.9 Å². The quantitative estimate of drug-likeness (QED) is 0.627. The van der Waals surface area contributed by atoms with Crippen molar-refractivity contribution < 1.29 is 24.2 Å². The molecule has 0 aliphatic carbocycles. The second-order valence-electron chi connectivity index (χ2n) is 10.7. The first-order chi connectivity index (χ1) is 17.7. The first kappa shape index (κ1) is 24.9. The van der Waals surface area contributed by atoms with Crippen LogP contribution in [-0.4, -0.2) is 94.3 Å². The predicted molar refractivity (Wildman–Crippen MR) is 138 cm³/mol. The molecule has 2 fully saturated rings. The van der Waals surface area contributed by atoms with Crippen LogP contribution in [0.15, 0.2) is 30.3 Å². The Morgan fingerprint density at radius 1 is 1.03 bits per heavy atom. The summed E-state index contributed by atoms with van der Waals surface area (Å²) in [5.41, 5.74) is 1.60. The Morgan fingerprint density at radius 2 is 1.78 bits per heavy atom. The minimum atomic E-state index is -0.533. The van der Waals surface area contributed by atoms with Gasteiger partial charge in [-0.05, 0) is 39.0 Å². The third-order valence-corrected chi connectivity index (χ3v) is 6.87. The smallest absolute Gasteiger partial charge is 0.410 e. The number of amides is 2. The molecule has 3 aliphatic rings. The molecule has 0 radical (unpaired) electrons. The van der Waals surface area contributed by atoms with Crippen molar-refractivity contribution in [3.8, 4) is 17.0 Å². The Bertz CT molecular complexity index is 1160. The molecule has 2 aromatic rings. The fourth-order valence-corrected chi connectivity index (χ4v) is 4.98. The Kier molecular flexibility index (Phi) is 6.70. The summed E-state index contributed by atoms with van der Waals surface area (Å²) >= 11 is 0. The van der Waals surface area contributed by atoms with E-state index in [9.17, 15) is 14.7 Å². The molecule has 0 saturated carbocycles. The number of piperazine rings is 1. The monoisotopic (exact) mass is 510 g/mol. The summed E-state index contributed by atoms with van der Waals surface area (Å²) in [4.78, 5) is 30.9. The lowest BCUT2D eigenvalue weighted by Gasteiger charge is -2.45. The fraction of sp³-hybridized carbons (Fsp3) is 0.538. The molecule has 1 aromatic carbocycles. The number of fused-ring (bicyclic) bond motifs is 3. The highest BCUT2D eigenvalue weighted by atomic mass is 16.6. The highest BCUT2D eigenvalue weighted by Crippen LogP contribution is 2.36. The number of phenols is 1. The summed E-state index contributed by atoms with van der Waals surface area (Å²) in [6, 6.07) is 9.05. The van der Waals surface area contributed by atoms with Gasteiger partial charge in [-0.3, -0.25) is 0 Å². The van der Waals surface area contributed by atoms with E-state index < -0.39 is 5.60 Å². The Hall–Kier alpha value is -3.76. The Morgan fingerprint density at radius 3 is 2.51 bits per heavy atom. The van der Waals surface area contributed by atoms with Crippen LogP contribution in [0.1, 0.15) is 33.6 Å². The van der Waals surface area contributed by atoms with Crippen LogP contribution in [0.2, 0.25) is 0 Å². The van der Waals surface area contributed by atoms with Crippen LogP contribution >= 0.6 is 0 Å². The lowest BCUT2D eigenvalue weighted by atomic mass is 10.1. The van der Waals surface area contributed by atoms with Gasteiger partial charge < -0.3 is 34.6 Å². The van der Waals surface area contributed by atoms with Crippen molar-refractivity contribution in [2.45, 2.75) is 51.4 Å². The maximum atomic E-state index is 13.0. The van der Waals surface area contributed by atoms with Crippen LogP contribution < -0.4 is 10.2 Å². The van der Waals surface area contributed by atoms with Gasteiger partial charge in [0, 0.05) is 57.7 Å². The third kappa shape index (κ3) is 5.50. The molecule has 2 N–H and O–H groups in total. The standard InChI is InChI=1S/C26H34N6O5/c1-26(2,3)37-25(35)30-10-8-18(9-11-30)36-24(34)31-12-13-32-17(16-31)15-27-23-21(32)14-20(28-29-23)19-6-4-5-7-22(19)33/h4-7,14,17-18,33H,8-13,15-16H2,1-3H3,(H,27,29)/t17-/m0/s1. The van der Waals surface area contributed by atoms with Crippen molar-refractivity contribution in [2.75, 3.05) is 49.5 Å². The molecule has 0 bridgehead atoms. The molecule has 0 spiro atoms. The zero-order valence-electron chi connectivity index (χ0n) is 21.5. The molecular formula is C26H34N6O5. The largest absolute Gasteiger partial charge is 0.507 e. The molecule has 2 saturated heterocycles. The Balaban J connectivity index is 1.17. The number of ether oxygens (including phenoxy) is 2. The average Bonchev–Trinajstić information content (AvgIpc) is 2.87. The van der Waals surface area contributed by atoms with Gasteiger partial charge >= 0.3 is 12.2 Å². The number of carbonyl (C=O) groups excluding carboxylic acids is 2. The number of nitrogens with zero attached hydrogens (tertiary/aromatic N) is 5. The number of aromatic nitrogens is 2. The van der Waals surface area contributed by atoms with E-state index in [1.807, 2.05) is 39.0 Å². The van der Waals surface area contributed by atoms with E-state index >= 15 is 0 Å². The number of hydrogen-bond donors (Lipinski definition) is 2. The third-order valence-electron chi connectivity index (χ3n) is 6.87. The summed E-state index contributed by atoms with van der Waals surface area (Å²) in [5, 5.41) is 22.2. The van der Waals surface area contributed by atoms with Crippen molar-refractivity contribution in [1.29, 1.82) is 0 Å². The van der Waals surface area contributed by atoms with E-state index in [4.69, 9.17) is 9.47 Å². The van der Waals surface area contributed by atoms with Crippen molar-refractivity contribution in [1.82, 2.24) is 20.0 Å². The van der Waals surface area contributed by atoms with Gasteiger partial charge in [-0.25, -0.2) is 9.59 Å². The summed E-state index contributed by atoms with van der Waals surface area (Å²) in [6.07, 6.45) is 0.331. The van der Waals surface area contributed by atoms with Crippen LogP contribution in [0.3, 0.4) is 0 Å².